The number of unbranched alkanes of at least 4 members (excludes halogenated alkanes) is 20. The first-order valence-corrected chi connectivity index (χ1v) is 21.9. The third-order valence-corrected chi connectivity index (χ3v) is 10.5. The number of hydrogen-bond donors (Lipinski definition) is 0. The number of benzene rings is 1. The Morgan fingerprint density at radius 3 is 1.41 bits per heavy atom. The standard InChI is InChI=1S/C40H74O2P.ClH/c1-6-8-10-12-14-20-24-28-36-41-40(42-37-29-25-21-15-13-11-9-7-2)31-27-23-19-17-16-18-22-26-30-38-32-34-39(35-33-38)43(3,4)5;/h26,30,32-35,40H,6-25,27-29,31,36-37H2,1-5H3;1H/q+1;/p-1. The summed E-state index contributed by atoms with van der Waals surface area (Å²) in [5.41, 5.74) is 1.33. The summed E-state index contributed by atoms with van der Waals surface area (Å²) in [6.07, 6.45) is 36.3. The molecule has 0 spiro atoms. The molecule has 1 aromatic carbocycles. The highest BCUT2D eigenvalue weighted by molar-refractivity contribution is 7.80. The molecule has 0 radical (unpaired) electrons. The van der Waals surface area contributed by atoms with E-state index in [9.17, 15) is 0 Å². The van der Waals surface area contributed by atoms with Crippen LogP contribution in [0.5, 0.6) is 0 Å². The quantitative estimate of drug-likeness (QED) is 0.0451. The smallest absolute Gasteiger partial charge is 0.157 e. The maximum atomic E-state index is 6.26. The van der Waals surface area contributed by atoms with Crippen molar-refractivity contribution < 1.29 is 21.9 Å². The molecular weight excluding hydrogens is 579 g/mol. The highest BCUT2D eigenvalue weighted by atomic mass is 35.5. The van der Waals surface area contributed by atoms with Crippen LogP contribution in [0.3, 0.4) is 0 Å². The summed E-state index contributed by atoms with van der Waals surface area (Å²) in [7, 11) is -0.911. The van der Waals surface area contributed by atoms with Gasteiger partial charge in [0.25, 0.3) is 0 Å². The Labute approximate surface area is 283 Å². The van der Waals surface area contributed by atoms with Gasteiger partial charge in [0.15, 0.2) is 6.29 Å². The molecule has 1 aromatic rings. The molecule has 0 unspecified atom stereocenters. The number of rotatable bonds is 31. The maximum absolute atomic E-state index is 6.26. The molecule has 44 heavy (non-hydrogen) atoms. The van der Waals surface area contributed by atoms with Crippen molar-refractivity contribution in [1.82, 2.24) is 0 Å². The van der Waals surface area contributed by atoms with Crippen molar-refractivity contribution >= 4 is 18.6 Å². The predicted octanol–water partition coefficient (Wildman–Crippen LogP) is 10.00. The highest BCUT2D eigenvalue weighted by Gasteiger charge is 2.20. The van der Waals surface area contributed by atoms with Crippen molar-refractivity contribution in [1.29, 1.82) is 0 Å². The fourth-order valence-corrected chi connectivity index (χ4v) is 6.69. The molecule has 1 rings (SSSR count). The lowest BCUT2D eigenvalue weighted by molar-refractivity contribution is -0.148. The van der Waals surface area contributed by atoms with Crippen molar-refractivity contribution in [2.75, 3.05) is 33.2 Å². The molecule has 0 atom stereocenters. The van der Waals surface area contributed by atoms with Gasteiger partial charge in [-0.05, 0) is 56.2 Å². The first-order chi connectivity index (χ1) is 21.0. The second-order valence-corrected chi connectivity index (χ2v) is 18.4. The van der Waals surface area contributed by atoms with E-state index in [0.717, 1.165) is 19.6 Å². The number of halogens is 1. The van der Waals surface area contributed by atoms with Crippen LogP contribution in [-0.2, 0) is 9.47 Å². The minimum atomic E-state index is -0.911. The Balaban J connectivity index is 0.0000185. The third-order valence-electron chi connectivity index (χ3n) is 8.64. The summed E-state index contributed by atoms with van der Waals surface area (Å²) in [6, 6.07) is 9.20. The van der Waals surface area contributed by atoms with Crippen LogP contribution < -0.4 is 17.7 Å². The topological polar surface area (TPSA) is 18.5 Å². The van der Waals surface area contributed by atoms with Gasteiger partial charge in [-0.1, -0.05) is 154 Å². The first kappa shape index (κ1) is 43.6. The molecule has 0 amide bonds. The molecule has 258 valence electrons. The van der Waals surface area contributed by atoms with E-state index in [1.807, 2.05) is 0 Å². The van der Waals surface area contributed by atoms with E-state index in [1.165, 1.54) is 159 Å². The summed E-state index contributed by atoms with van der Waals surface area (Å²) in [6.45, 7) is 13.5. The lowest BCUT2D eigenvalue weighted by Crippen LogP contribution is -3.00. The number of allylic oxidation sites excluding steroid dienone is 1. The van der Waals surface area contributed by atoms with Gasteiger partial charge in [0.05, 0.1) is 25.3 Å². The van der Waals surface area contributed by atoms with E-state index in [0.29, 0.717) is 0 Å². The van der Waals surface area contributed by atoms with Crippen LogP contribution >= 0.6 is 7.26 Å². The normalized spacial score (nSPS) is 12.0. The molecule has 0 aromatic heterocycles. The molecule has 0 aliphatic heterocycles. The molecule has 2 nitrogen and oxygen atoms in total. The second-order valence-electron chi connectivity index (χ2n) is 13.8. The minimum absolute atomic E-state index is 0. The summed E-state index contributed by atoms with van der Waals surface area (Å²) >= 11 is 0. The van der Waals surface area contributed by atoms with Gasteiger partial charge in [0, 0.05) is 20.5 Å². The summed E-state index contributed by atoms with van der Waals surface area (Å²) < 4.78 is 12.5. The Bertz CT molecular complexity index is 721. The molecule has 4 heteroatoms. The molecule has 0 heterocycles. The first-order valence-electron chi connectivity index (χ1n) is 18.8. The van der Waals surface area contributed by atoms with Gasteiger partial charge >= 0.3 is 0 Å². The highest BCUT2D eigenvalue weighted by Crippen LogP contribution is 2.44. The fraction of sp³-hybridized carbons (Fsp3) is 0.800. The van der Waals surface area contributed by atoms with Crippen molar-refractivity contribution in [3.05, 3.63) is 35.9 Å². The zero-order chi connectivity index (χ0) is 31.3. The molecule has 0 saturated heterocycles. The van der Waals surface area contributed by atoms with Crippen molar-refractivity contribution in [3.63, 3.8) is 0 Å². The van der Waals surface area contributed by atoms with Gasteiger partial charge in [-0.25, -0.2) is 0 Å². The Hall–Kier alpha value is -0.400. The lowest BCUT2D eigenvalue weighted by atomic mass is 10.1. The Morgan fingerprint density at radius 2 is 0.955 bits per heavy atom. The minimum Gasteiger partial charge on any atom is -1.00 e. The molecule has 0 aliphatic rings. The average Bonchev–Trinajstić information content (AvgIpc) is 2.99. The molecule has 0 bridgehead atoms. The van der Waals surface area contributed by atoms with Gasteiger partial charge in [-0.15, -0.1) is 0 Å². The molecule has 0 fully saturated rings. The van der Waals surface area contributed by atoms with Crippen LogP contribution in [0.15, 0.2) is 30.3 Å². The third kappa shape index (κ3) is 26.8. The van der Waals surface area contributed by atoms with Gasteiger partial charge in [-0.2, -0.15) is 0 Å². The van der Waals surface area contributed by atoms with Gasteiger partial charge in [0.1, 0.15) is 0 Å². The Morgan fingerprint density at radius 1 is 0.545 bits per heavy atom. The van der Waals surface area contributed by atoms with E-state index in [4.69, 9.17) is 9.47 Å². The SMILES string of the molecule is CCCCCCCCCCOC(CCCCCCCCC=Cc1ccc([P+](C)(C)C)cc1)OCCCCCCCCCC.[Cl-]. The van der Waals surface area contributed by atoms with Gasteiger partial charge < -0.3 is 21.9 Å². The fourth-order valence-electron chi connectivity index (χ4n) is 5.65. The second kappa shape index (κ2) is 31.2. The predicted molar refractivity (Wildman–Crippen MR) is 198 cm³/mol. The van der Waals surface area contributed by atoms with Crippen LogP contribution in [-0.4, -0.2) is 39.5 Å². The van der Waals surface area contributed by atoms with E-state index in [1.54, 1.807) is 0 Å². The Kier molecular flexibility index (Phi) is 30.9. The number of hydrogen-bond acceptors (Lipinski definition) is 2. The summed E-state index contributed by atoms with van der Waals surface area (Å²) in [5, 5.41) is 1.51. The van der Waals surface area contributed by atoms with Crippen molar-refractivity contribution in [2.45, 2.75) is 174 Å². The largest absolute Gasteiger partial charge is 1.00 e. The molecule has 0 N–H and O–H groups in total. The van der Waals surface area contributed by atoms with Crippen molar-refractivity contribution in [3.8, 4) is 0 Å². The molecular formula is C40H74ClO2P. The van der Waals surface area contributed by atoms with Gasteiger partial charge in [0.2, 0.25) is 0 Å². The van der Waals surface area contributed by atoms with Crippen LogP contribution in [0.1, 0.15) is 174 Å². The maximum Gasteiger partial charge on any atom is 0.157 e. The van der Waals surface area contributed by atoms with E-state index < -0.39 is 7.26 Å². The van der Waals surface area contributed by atoms with Crippen molar-refractivity contribution in [2.24, 2.45) is 0 Å². The van der Waals surface area contributed by atoms with Crippen LogP contribution in [0.2, 0.25) is 0 Å². The number of ether oxygens (including phenoxy) is 2. The van der Waals surface area contributed by atoms with E-state index in [2.05, 4.69) is 70.3 Å². The monoisotopic (exact) mass is 653 g/mol. The lowest BCUT2D eigenvalue weighted by Gasteiger charge is -2.19. The average molecular weight is 653 g/mol. The van der Waals surface area contributed by atoms with Gasteiger partial charge in [-0.3, -0.25) is 0 Å². The molecule has 0 saturated carbocycles. The van der Waals surface area contributed by atoms with Crippen LogP contribution in [0.25, 0.3) is 6.08 Å². The summed E-state index contributed by atoms with van der Waals surface area (Å²) in [4.78, 5) is 0. The van der Waals surface area contributed by atoms with E-state index >= 15 is 0 Å². The zero-order valence-electron chi connectivity index (χ0n) is 30.1. The van der Waals surface area contributed by atoms with E-state index in [-0.39, 0.29) is 18.7 Å². The molecule has 0 aliphatic carbocycles. The zero-order valence-corrected chi connectivity index (χ0v) is 31.7. The van der Waals surface area contributed by atoms with Crippen LogP contribution in [0.4, 0.5) is 0 Å². The van der Waals surface area contributed by atoms with Crippen LogP contribution in [0, 0.1) is 0 Å². The summed E-state index contributed by atoms with van der Waals surface area (Å²) in [5.74, 6) is 0.